The molecule has 0 fully saturated rings. The molecule has 110 valence electrons. The fourth-order valence-corrected chi connectivity index (χ4v) is 2.74. The van der Waals surface area contributed by atoms with Gasteiger partial charge in [0.05, 0.1) is 13.7 Å². The minimum atomic E-state index is -0.399. The van der Waals surface area contributed by atoms with E-state index in [0.717, 1.165) is 17.7 Å². The van der Waals surface area contributed by atoms with Crippen LogP contribution in [0.4, 0.5) is 4.39 Å². The number of para-hydroxylation sites is 1. The van der Waals surface area contributed by atoms with Crippen LogP contribution in [0.2, 0.25) is 0 Å². The van der Waals surface area contributed by atoms with Crippen molar-refractivity contribution in [2.45, 2.75) is 12.5 Å². The van der Waals surface area contributed by atoms with Crippen LogP contribution in [-0.2, 0) is 6.42 Å². The molecular formula is C17H18FNO2. The molecule has 3 rings (SSSR count). The van der Waals surface area contributed by atoms with E-state index in [2.05, 4.69) is 0 Å². The second-order valence-electron chi connectivity index (χ2n) is 5.30. The molecule has 1 heterocycles. The van der Waals surface area contributed by atoms with Crippen LogP contribution in [0.5, 0.6) is 11.5 Å². The highest BCUT2D eigenvalue weighted by Crippen LogP contribution is 2.33. The quantitative estimate of drug-likeness (QED) is 0.943. The number of rotatable bonds is 3. The van der Waals surface area contributed by atoms with Gasteiger partial charge in [-0.2, -0.15) is 0 Å². The van der Waals surface area contributed by atoms with Crippen LogP contribution in [0.3, 0.4) is 0 Å². The highest BCUT2D eigenvalue weighted by atomic mass is 19.1. The molecule has 2 aromatic carbocycles. The number of fused-ring (bicyclic) bond motifs is 1. The summed E-state index contributed by atoms with van der Waals surface area (Å²) in [6.45, 7) is 0.504. The predicted molar refractivity (Wildman–Crippen MR) is 79.0 cm³/mol. The zero-order chi connectivity index (χ0) is 14.8. The van der Waals surface area contributed by atoms with Crippen LogP contribution in [0.1, 0.15) is 17.2 Å². The molecule has 21 heavy (non-hydrogen) atoms. The fraction of sp³-hybridized carbons (Fsp3) is 0.294. The first-order valence-corrected chi connectivity index (χ1v) is 6.98. The van der Waals surface area contributed by atoms with Crippen LogP contribution in [0.25, 0.3) is 0 Å². The van der Waals surface area contributed by atoms with Crippen molar-refractivity contribution in [3.63, 3.8) is 0 Å². The van der Waals surface area contributed by atoms with Gasteiger partial charge >= 0.3 is 0 Å². The molecule has 0 spiro atoms. The topological polar surface area (TPSA) is 44.5 Å². The molecule has 0 saturated heterocycles. The Balaban J connectivity index is 1.82. The number of ether oxygens (including phenoxy) is 2. The lowest BCUT2D eigenvalue weighted by molar-refractivity contribution is 0.198. The minimum absolute atomic E-state index is 0.0581. The van der Waals surface area contributed by atoms with Crippen LogP contribution >= 0.6 is 0 Å². The molecule has 0 radical (unpaired) electrons. The summed E-state index contributed by atoms with van der Waals surface area (Å²) in [7, 11) is 1.51. The Bertz CT molecular complexity index is 644. The summed E-state index contributed by atoms with van der Waals surface area (Å²) in [5, 5.41) is 0. The molecule has 4 heteroatoms. The van der Waals surface area contributed by atoms with Gasteiger partial charge in [0.2, 0.25) is 0 Å². The Morgan fingerprint density at radius 2 is 2.10 bits per heavy atom. The van der Waals surface area contributed by atoms with Gasteiger partial charge in [-0.25, -0.2) is 4.39 Å². The fourth-order valence-electron chi connectivity index (χ4n) is 2.74. The van der Waals surface area contributed by atoms with E-state index in [9.17, 15) is 4.39 Å². The van der Waals surface area contributed by atoms with E-state index < -0.39 is 6.04 Å². The first-order valence-electron chi connectivity index (χ1n) is 6.98. The van der Waals surface area contributed by atoms with E-state index in [0.29, 0.717) is 17.9 Å². The normalized spacial score (nSPS) is 18.5. The molecule has 2 atom stereocenters. The third-order valence-electron chi connectivity index (χ3n) is 3.98. The van der Waals surface area contributed by atoms with Crippen molar-refractivity contribution in [1.82, 2.24) is 0 Å². The SMILES string of the molecule is COc1ccc(C(N)C2COc3ccccc3C2)c(F)c1. The molecule has 3 nitrogen and oxygen atoms in total. The van der Waals surface area contributed by atoms with Gasteiger partial charge in [-0.05, 0) is 24.1 Å². The van der Waals surface area contributed by atoms with Crippen molar-refractivity contribution >= 4 is 0 Å². The zero-order valence-corrected chi connectivity index (χ0v) is 11.9. The highest BCUT2D eigenvalue weighted by Gasteiger charge is 2.27. The molecule has 0 amide bonds. The number of hydrogen-bond donors (Lipinski definition) is 1. The van der Waals surface area contributed by atoms with E-state index in [1.54, 1.807) is 12.1 Å². The number of benzene rings is 2. The van der Waals surface area contributed by atoms with Crippen molar-refractivity contribution in [2.24, 2.45) is 11.7 Å². The van der Waals surface area contributed by atoms with Crippen molar-refractivity contribution in [3.8, 4) is 11.5 Å². The minimum Gasteiger partial charge on any atom is -0.497 e. The summed E-state index contributed by atoms with van der Waals surface area (Å²) in [5.74, 6) is 1.12. The maximum atomic E-state index is 14.1. The molecule has 1 aliphatic heterocycles. The average molecular weight is 287 g/mol. The van der Waals surface area contributed by atoms with Crippen molar-refractivity contribution < 1.29 is 13.9 Å². The van der Waals surface area contributed by atoms with Gasteiger partial charge in [-0.15, -0.1) is 0 Å². The Morgan fingerprint density at radius 1 is 1.29 bits per heavy atom. The second-order valence-corrected chi connectivity index (χ2v) is 5.30. The Hall–Kier alpha value is -2.07. The van der Waals surface area contributed by atoms with E-state index >= 15 is 0 Å². The average Bonchev–Trinajstić information content (AvgIpc) is 2.53. The second kappa shape index (κ2) is 5.74. The summed E-state index contributed by atoms with van der Waals surface area (Å²) in [6, 6.07) is 12.3. The van der Waals surface area contributed by atoms with Crippen LogP contribution in [-0.4, -0.2) is 13.7 Å². The van der Waals surface area contributed by atoms with Crippen LogP contribution in [0, 0.1) is 11.7 Å². The monoisotopic (exact) mass is 287 g/mol. The Morgan fingerprint density at radius 3 is 2.86 bits per heavy atom. The van der Waals surface area contributed by atoms with Crippen LogP contribution in [0.15, 0.2) is 42.5 Å². The lowest BCUT2D eigenvalue weighted by Crippen LogP contribution is -2.32. The van der Waals surface area contributed by atoms with Gasteiger partial charge in [0.15, 0.2) is 0 Å². The largest absolute Gasteiger partial charge is 0.497 e. The predicted octanol–water partition coefficient (Wildman–Crippen LogP) is 3.09. The molecule has 0 aromatic heterocycles. The summed E-state index contributed by atoms with van der Waals surface area (Å²) in [6.07, 6.45) is 0.794. The molecule has 1 aliphatic rings. The summed E-state index contributed by atoms with van der Waals surface area (Å²) in [5.41, 5.74) is 7.89. The molecular weight excluding hydrogens is 269 g/mol. The zero-order valence-electron chi connectivity index (χ0n) is 11.9. The molecule has 2 unspecified atom stereocenters. The summed E-state index contributed by atoms with van der Waals surface area (Å²) in [4.78, 5) is 0. The number of halogens is 1. The van der Waals surface area contributed by atoms with Crippen molar-refractivity contribution in [2.75, 3.05) is 13.7 Å². The number of hydrogen-bond acceptors (Lipinski definition) is 3. The maximum absolute atomic E-state index is 14.1. The highest BCUT2D eigenvalue weighted by molar-refractivity contribution is 5.36. The van der Waals surface area contributed by atoms with E-state index in [4.69, 9.17) is 15.2 Å². The number of nitrogens with two attached hydrogens (primary N) is 1. The van der Waals surface area contributed by atoms with Crippen molar-refractivity contribution in [1.29, 1.82) is 0 Å². The maximum Gasteiger partial charge on any atom is 0.131 e. The van der Waals surface area contributed by atoms with Gasteiger partial charge < -0.3 is 15.2 Å². The lowest BCUT2D eigenvalue weighted by Gasteiger charge is -2.30. The third kappa shape index (κ3) is 2.72. The molecule has 2 N–H and O–H groups in total. The number of methoxy groups -OCH3 is 1. The lowest BCUT2D eigenvalue weighted by atomic mass is 9.87. The van der Waals surface area contributed by atoms with Gasteiger partial charge in [-0.3, -0.25) is 0 Å². The molecule has 0 saturated carbocycles. The van der Waals surface area contributed by atoms with Gasteiger partial charge in [0.1, 0.15) is 17.3 Å². The van der Waals surface area contributed by atoms with Crippen molar-refractivity contribution in [3.05, 3.63) is 59.4 Å². The molecule has 0 bridgehead atoms. The van der Waals surface area contributed by atoms with E-state index in [-0.39, 0.29) is 11.7 Å². The molecule has 2 aromatic rings. The van der Waals surface area contributed by atoms with E-state index in [1.165, 1.54) is 13.2 Å². The van der Waals surface area contributed by atoms with Gasteiger partial charge in [-0.1, -0.05) is 24.3 Å². The summed E-state index contributed by atoms with van der Waals surface area (Å²) < 4.78 is 24.9. The van der Waals surface area contributed by atoms with Gasteiger partial charge in [0, 0.05) is 23.6 Å². The standard InChI is InChI=1S/C17H18FNO2/c1-20-13-6-7-14(15(18)9-13)17(19)12-8-11-4-2-3-5-16(11)21-10-12/h2-7,9,12,17H,8,10,19H2,1H3. The van der Waals surface area contributed by atoms with Gasteiger partial charge in [0.25, 0.3) is 0 Å². The van der Waals surface area contributed by atoms with Crippen LogP contribution < -0.4 is 15.2 Å². The first-order chi connectivity index (χ1) is 10.2. The molecule has 0 aliphatic carbocycles. The first kappa shape index (κ1) is 13.9. The third-order valence-corrected chi connectivity index (χ3v) is 3.98. The summed E-state index contributed by atoms with van der Waals surface area (Å²) >= 11 is 0. The van der Waals surface area contributed by atoms with E-state index in [1.807, 2.05) is 24.3 Å². The Labute approximate surface area is 123 Å². The Kier molecular flexibility index (Phi) is 3.80. The smallest absolute Gasteiger partial charge is 0.131 e.